The number of hydrogen-bond acceptors (Lipinski definition) is 5. The highest BCUT2D eigenvalue weighted by atomic mass is 16.7. The molecule has 0 atom stereocenters. The van der Waals surface area contributed by atoms with Crippen molar-refractivity contribution in [2.45, 2.75) is 0 Å². The highest BCUT2D eigenvalue weighted by Gasteiger charge is 2.21. The molecular formula is C19H11N3O4. The monoisotopic (exact) mass is 345 g/mol. The van der Waals surface area contributed by atoms with Gasteiger partial charge in [0.25, 0.3) is 0 Å². The molecule has 2 N–H and O–H groups in total. The molecule has 2 aromatic carbocycles. The van der Waals surface area contributed by atoms with Crippen LogP contribution in [0, 0.1) is 0 Å². The molecule has 7 heteroatoms. The van der Waals surface area contributed by atoms with E-state index in [1.807, 2.05) is 24.4 Å². The Kier molecular flexibility index (Phi) is 2.43. The van der Waals surface area contributed by atoms with Gasteiger partial charge in [0.1, 0.15) is 11.1 Å². The van der Waals surface area contributed by atoms with Crippen LogP contribution in [0.15, 0.2) is 51.8 Å². The number of aromatic amines is 2. The first-order valence-electron chi connectivity index (χ1n) is 8.10. The first kappa shape index (κ1) is 13.5. The van der Waals surface area contributed by atoms with Gasteiger partial charge < -0.3 is 19.0 Å². The van der Waals surface area contributed by atoms with E-state index in [-0.39, 0.29) is 12.2 Å². The van der Waals surface area contributed by atoms with Crippen LogP contribution in [0.25, 0.3) is 44.2 Å². The van der Waals surface area contributed by atoms with Crippen molar-refractivity contribution in [1.82, 2.24) is 15.2 Å². The third kappa shape index (κ3) is 1.71. The average Bonchev–Trinajstić information content (AvgIpc) is 3.36. The first-order chi connectivity index (χ1) is 12.8. The van der Waals surface area contributed by atoms with Crippen LogP contribution in [0.3, 0.4) is 0 Å². The Bertz CT molecular complexity index is 1390. The molecule has 0 aliphatic carbocycles. The standard InChI is InChI=1S/C19H11N3O4/c23-10-2-3-11-14(6-10)26-18-16(12-7-20-22-19(12)21-17(11)18)9-1-4-13-15(5-9)25-8-24-13/h1-7H,8H2,(H2,20,21,22). The Hall–Kier alpha value is -3.74. The van der Waals surface area contributed by atoms with Crippen molar-refractivity contribution in [1.29, 1.82) is 0 Å². The molecule has 0 spiro atoms. The molecular weight excluding hydrogens is 334 g/mol. The van der Waals surface area contributed by atoms with Gasteiger partial charge in [-0.2, -0.15) is 0 Å². The second-order valence-electron chi connectivity index (χ2n) is 6.17. The normalized spacial score (nSPS) is 13.2. The topological polar surface area (TPSA) is 93.1 Å². The van der Waals surface area contributed by atoms with Gasteiger partial charge in [-0.15, -0.1) is 0 Å². The highest BCUT2D eigenvalue weighted by molar-refractivity contribution is 6.14. The zero-order chi connectivity index (χ0) is 17.3. The molecule has 0 unspecified atom stereocenters. The minimum absolute atomic E-state index is 0.0971. The Labute approximate surface area is 145 Å². The van der Waals surface area contributed by atoms with Crippen molar-refractivity contribution in [3.05, 3.63) is 52.8 Å². The maximum absolute atomic E-state index is 11.7. The van der Waals surface area contributed by atoms with Crippen LogP contribution in [0.4, 0.5) is 0 Å². The molecule has 0 saturated heterocycles. The fourth-order valence-electron chi connectivity index (χ4n) is 3.51. The quantitative estimate of drug-likeness (QED) is 0.485. The predicted octanol–water partition coefficient (Wildman–Crippen LogP) is 3.55. The van der Waals surface area contributed by atoms with E-state index < -0.39 is 0 Å². The molecule has 1 aliphatic heterocycles. The maximum Gasteiger partial charge on any atom is 0.231 e. The van der Waals surface area contributed by atoms with Crippen molar-refractivity contribution < 1.29 is 13.9 Å². The van der Waals surface area contributed by atoms with Crippen LogP contribution in [0.2, 0.25) is 0 Å². The predicted molar refractivity (Wildman–Crippen MR) is 95.6 cm³/mol. The van der Waals surface area contributed by atoms with E-state index >= 15 is 0 Å². The van der Waals surface area contributed by atoms with Crippen molar-refractivity contribution in [3.63, 3.8) is 0 Å². The summed E-state index contributed by atoms with van der Waals surface area (Å²) in [7, 11) is 0. The lowest BCUT2D eigenvalue weighted by atomic mass is 10.0. The number of furan rings is 1. The van der Waals surface area contributed by atoms with E-state index in [0.29, 0.717) is 28.1 Å². The van der Waals surface area contributed by atoms with Crippen molar-refractivity contribution in [2.75, 3.05) is 6.79 Å². The molecule has 0 saturated carbocycles. The number of pyridine rings is 1. The van der Waals surface area contributed by atoms with Gasteiger partial charge in [-0.05, 0) is 29.8 Å². The second-order valence-corrected chi connectivity index (χ2v) is 6.17. The lowest BCUT2D eigenvalue weighted by Crippen LogP contribution is -1.92. The van der Waals surface area contributed by atoms with E-state index in [1.54, 1.807) is 6.07 Å². The number of nitrogens with zero attached hydrogens (tertiary/aromatic N) is 1. The van der Waals surface area contributed by atoms with E-state index in [9.17, 15) is 4.79 Å². The number of ether oxygens (including phenoxy) is 2. The Balaban J connectivity index is 1.78. The van der Waals surface area contributed by atoms with Crippen LogP contribution in [0.5, 0.6) is 11.5 Å². The van der Waals surface area contributed by atoms with Gasteiger partial charge in [-0.25, -0.2) is 4.98 Å². The molecule has 6 rings (SSSR count). The maximum atomic E-state index is 11.7. The lowest BCUT2D eigenvalue weighted by Gasteiger charge is -2.06. The Morgan fingerprint density at radius 2 is 1.92 bits per heavy atom. The number of nitrogens with one attached hydrogen (secondary N) is 2. The Morgan fingerprint density at radius 3 is 2.88 bits per heavy atom. The van der Waals surface area contributed by atoms with Crippen molar-refractivity contribution >= 4 is 33.1 Å². The first-order valence-corrected chi connectivity index (χ1v) is 8.10. The van der Waals surface area contributed by atoms with Gasteiger partial charge in [0.2, 0.25) is 6.79 Å². The number of aromatic nitrogens is 3. The van der Waals surface area contributed by atoms with E-state index in [0.717, 1.165) is 27.6 Å². The molecule has 0 bridgehead atoms. The Morgan fingerprint density at radius 1 is 1.00 bits per heavy atom. The summed E-state index contributed by atoms with van der Waals surface area (Å²) in [5, 5.41) is 7.72. The van der Waals surface area contributed by atoms with Gasteiger partial charge in [0.05, 0.1) is 0 Å². The average molecular weight is 345 g/mol. The van der Waals surface area contributed by atoms with Crippen LogP contribution in [0.1, 0.15) is 0 Å². The summed E-state index contributed by atoms with van der Waals surface area (Å²) in [5.74, 6) is 1.41. The molecule has 7 nitrogen and oxygen atoms in total. The minimum Gasteiger partial charge on any atom is -0.454 e. The lowest BCUT2D eigenvalue weighted by molar-refractivity contribution is 0.174. The number of hydrogen-bond donors (Lipinski definition) is 2. The summed E-state index contributed by atoms with van der Waals surface area (Å²) in [6, 6.07) is 10.5. The van der Waals surface area contributed by atoms with E-state index in [4.69, 9.17) is 13.9 Å². The molecule has 0 amide bonds. The summed E-state index contributed by atoms with van der Waals surface area (Å²) in [6.45, 7) is 0.217. The number of benzene rings is 2. The fourth-order valence-corrected chi connectivity index (χ4v) is 3.51. The molecule has 5 aromatic rings. The highest BCUT2D eigenvalue weighted by Crippen LogP contribution is 2.42. The SMILES string of the molecule is O=c1ccc2c(c1)oc1c(-c3ccc4c(c3)OCO4)c3c[nH][nH]c3nc12. The summed E-state index contributed by atoms with van der Waals surface area (Å²) < 4.78 is 17.0. The molecule has 0 radical (unpaired) electrons. The second kappa shape index (κ2) is 4.66. The van der Waals surface area contributed by atoms with Crippen LogP contribution >= 0.6 is 0 Å². The van der Waals surface area contributed by atoms with Gasteiger partial charge in [0, 0.05) is 28.6 Å². The summed E-state index contributed by atoms with van der Waals surface area (Å²) >= 11 is 0. The molecule has 0 fully saturated rings. The van der Waals surface area contributed by atoms with Crippen LogP contribution in [-0.4, -0.2) is 22.0 Å². The summed E-state index contributed by atoms with van der Waals surface area (Å²) in [5.41, 5.74) is 4.27. The zero-order valence-corrected chi connectivity index (χ0v) is 13.3. The van der Waals surface area contributed by atoms with Gasteiger partial charge in [0.15, 0.2) is 28.2 Å². The van der Waals surface area contributed by atoms with Gasteiger partial charge in [-0.3, -0.25) is 9.89 Å². The molecule has 1 aliphatic rings. The fraction of sp³-hybridized carbons (Fsp3) is 0.0526. The number of rotatable bonds is 1. The molecule has 26 heavy (non-hydrogen) atoms. The third-order valence-electron chi connectivity index (χ3n) is 4.68. The number of H-pyrrole nitrogens is 2. The number of fused-ring (bicyclic) bond motifs is 5. The van der Waals surface area contributed by atoms with Crippen molar-refractivity contribution in [2.24, 2.45) is 0 Å². The largest absolute Gasteiger partial charge is 0.454 e. The van der Waals surface area contributed by atoms with Gasteiger partial charge >= 0.3 is 0 Å². The van der Waals surface area contributed by atoms with Crippen molar-refractivity contribution in [3.8, 4) is 22.6 Å². The van der Waals surface area contributed by atoms with Crippen LogP contribution in [-0.2, 0) is 0 Å². The molecule has 4 heterocycles. The summed E-state index contributed by atoms with van der Waals surface area (Å²) in [6.07, 6.45) is 1.84. The van der Waals surface area contributed by atoms with Crippen LogP contribution < -0.4 is 14.9 Å². The van der Waals surface area contributed by atoms with E-state index in [1.165, 1.54) is 12.1 Å². The van der Waals surface area contributed by atoms with E-state index in [2.05, 4.69) is 15.2 Å². The van der Waals surface area contributed by atoms with Gasteiger partial charge in [-0.1, -0.05) is 6.07 Å². The smallest absolute Gasteiger partial charge is 0.231 e. The zero-order valence-electron chi connectivity index (χ0n) is 13.3. The molecule has 3 aromatic heterocycles. The summed E-state index contributed by atoms with van der Waals surface area (Å²) in [4.78, 5) is 16.4. The molecule has 126 valence electrons. The third-order valence-corrected chi connectivity index (χ3v) is 4.68. The minimum atomic E-state index is -0.0971.